The molecular weight excluding hydrogens is 233 g/mol. The van der Waals surface area contributed by atoms with Crippen LogP contribution in [-0.4, -0.2) is 16.8 Å². The van der Waals surface area contributed by atoms with Crippen LogP contribution in [0.4, 0.5) is 4.39 Å². The summed E-state index contributed by atoms with van der Waals surface area (Å²) in [5.74, 6) is -1.33. The smallest absolute Gasteiger partial charge is 0.166 e. The van der Waals surface area contributed by atoms with E-state index in [9.17, 15) is 9.50 Å². The van der Waals surface area contributed by atoms with Crippen molar-refractivity contribution >= 4 is 11.6 Å². The Morgan fingerprint density at radius 2 is 2.06 bits per heavy atom. The Morgan fingerprint density at radius 3 is 2.56 bits per heavy atom. The molecule has 1 aromatic rings. The highest BCUT2D eigenvalue weighted by molar-refractivity contribution is 6.30. The summed E-state index contributed by atoms with van der Waals surface area (Å²) in [4.78, 5) is 0. The van der Waals surface area contributed by atoms with E-state index in [1.54, 1.807) is 13.8 Å². The number of hydrogen-bond donors (Lipinski definition) is 3. The quantitative estimate of drug-likeness (QED) is 0.767. The number of halogens is 2. The van der Waals surface area contributed by atoms with Crippen molar-refractivity contribution in [3.63, 3.8) is 0 Å². The molecule has 0 bridgehead atoms. The van der Waals surface area contributed by atoms with E-state index in [1.807, 2.05) is 0 Å². The Labute approximate surface area is 98.7 Å². The predicted molar refractivity (Wildman–Crippen MR) is 60.9 cm³/mol. The zero-order valence-corrected chi connectivity index (χ0v) is 9.92. The predicted octanol–water partition coefficient (Wildman–Crippen LogP) is 2.20. The molecule has 0 heterocycles. The molecule has 1 atom stereocenters. The Morgan fingerprint density at radius 1 is 1.50 bits per heavy atom. The number of aliphatic hydroxyl groups is 1. The van der Waals surface area contributed by atoms with Gasteiger partial charge in [0.25, 0.3) is 0 Å². The molecule has 0 unspecified atom stereocenters. The van der Waals surface area contributed by atoms with Crippen molar-refractivity contribution in [1.82, 2.24) is 0 Å². The van der Waals surface area contributed by atoms with E-state index in [4.69, 9.17) is 22.4 Å². The first kappa shape index (κ1) is 13.2. The molecule has 0 saturated carbocycles. The normalized spacial score (nSPS) is 13.9. The van der Waals surface area contributed by atoms with Gasteiger partial charge in [0.2, 0.25) is 0 Å². The van der Waals surface area contributed by atoms with Gasteiger partial charge >= 0.3 is 0 Å². The monoisotopic (exact) mass is 247 g/mol. The number of rotatable bonds is 3. The maximum absolute atomic E-state index is 13.2. The van der Waals surface area contributed by atoms with Gasteiger partial charge in [-0.3, -0.25) is 0 Å². The van der Waals surface area contributed by atoms with Crippen LogP contribution in [0.1, 0.15) is 25.5 Å². The van der Waals surface area contributed by atoms with Crippen molar-refractivity contribution in [3.8, 4) is 5.75 Å². The Hall–Kier alpha value is -0.840. The molecule has 0 spiro atoms. The van der Waals surface area contributed by atoms with Gasteiger partial charge < -0.3 is 15.9 Å². The summed E-state index contributed by atoms with van der Waals surface area (Å²) < 4.78 is 13.2. The van der Waals surface area contributed by atoms with Gasteiger partial charge in [0, 0.05) is 28.6 Å². The number of nitrogens with two attached hydrogens (primary N) is 1. The molecule has 0 aliphatic rings. The minimum Gasteiger partial charge on any atom is -0.505 e. The van der Waals surface area contributed by atoms with Crippen LogP contribution in [0.15, 0.2) is 12.1 Å². The Kier molecular flexibility index (Phi) is 3.78. The number of phenolic OH excluding ortho intramolecular Hbond substituents is 1. The fourth-order valence-electron chi connectivity index (χ4n) is 1.34. The van der Waals surface area contributed by atoms with Crippen LogP contribution in [0, 0.1) is 11.2 Å². The molecule has 0 radical (unpaired) electrons. The van der Waals surface area contributed by atoms with Gasteiger partial charge in [0.15, 0.2) is 11.6 Å². The van der Waals surface area contributed by atoms with E-state index in [-0.39, 0.29) is 17.2 Å². The maximum Gasteiger partial charge on any atom is 0.166 e. The number of hydrogen-bond acceptors (Lipinski definition) is 3. The highest BCUT2D eigenvalue weighted by atomic mass is 35.5. The third kappa shape index (κ3) is 2.45. The van der Waals surface area contributed by atoms with Gasteiger partial charge in [-0.1, -0.05) is 25.4 Å². The highest BCUT2D eigenvalue weighted by Gasteiger charge is 2.30. The van der Waals surface area contributed by atoms with Crippen LogP contribution in [-0.2, 0) is 0 Å². The fourth-order valence-corrected chi connectivity index (χ4v) is 1.56. The minimum absolute atomic E-state index is 0.162. The molecule has 90 valence electrons. The molecule has 0 fully saturated rings. The Bertz CT molecular complexity index is 396. The average Bonchev–Trinajstić information content (AvgIpc) is 2.22. The molecule has 1 rings (SSSR count). The van der Waals surface area contributed by atoms with Crippen molar-refractivity contribution in [2.24, 2.45) is 11.1 Å². The summed E-state index contributed by atoms with van der Waals surface area (Å²) in [5, 5.41) is 18.9. The standard InChI is InChI=1S/C11H15ClFNO2/c1-11(2,5-15)10(14)7-3-6(12)4-8(13)9(7)16/h3-4,10,15-16H,5,14H2,1-2H3/t10-/m1/s1. The summed E-state index contributed by atoms with van der Waals surface area (Å²) >= 11 is 5.69. The molecule has 0 amide bonds. The van der Waals surface area contributed by atoms with Crippen LogP contribution in [0.5, 0.6) is 5.75 Å². The van der Waals surface area contributed by atoms with Crippen LogP contribution in [0.2, 0.25) is 5.02 Å². The highest BCUT2D eigenvalue weighted by Crippen LogP contribution is 2.37. The van der Waals surface area contributed by atoms with Crippen LogP contribution in [0.3, 0.4) is 0 Å². The van der Waals surface area contributed by atoms with E-state index >= 15 is 0 Å². The van der Waals surface area contributed by atoms with Gasteiger partial charge in [-0.15, -0.1) is 0 Å². The van der Waals surface area contributed by atoms with E-state index < -0.39 is 23.0 Å². The molecule has 5 heteroatoms. The molecule has 0 aromatic heterocycles. The maximum atomic E-state index is 13.2. The number of benzene rings is 1. The molecule has 4 N–H and O–H groups in total. The SMILES string of the molecule is CC(C)(CO)[C@H](N)c1cc(Cl)cc(F)c1O. The zero-order valence-electron chi connectivity index (χ0n) is 9.17. The average molecular weight is 248 g/mol. The summed E-state index contributed by atoms with van der Waals surface area (Å²) in [6.07, 6.45) is 0. The van der Waals surface area contributed by atoms with Gasteiger partial charge in [0.1, 0.15) is 0 Å². The lowest BCUT2D eigenvalue weighted by Gasteiger charge is -2.30. The van der Waals surface area contributed by atoms with E-state index in [0.29, 0.717) is 0 Å². The summed E-state index contributed by atoms with van der Waals surface area (Å²) in [5.41, 5.74) is 5.40. The second-order valence-corrected chi connectivity index (χ2v) is 4.89. The molecule has 0 aliphatic heterocycles. The first-order valence-electron chi connectivity index (χ1n) is 4.84. The molecule has 16 heavy (non-hydrogen) atoms. The molecule has 0 aliphatic carbocycles. The van der Waals surface area contributed by atoms with Gasteiger partial charge in [0.05, 0.1) is 0 Å². The van der Waals surface area contributed by atoms with Gasteiger partial charge in [-0.25, -0.2) is 4.39 Å². The summed E-state index contributed by atoms with van der Waals surface area (Å²) in [7, 11) is 0. The van der Waals surface area contributed by atoms with Crippen molar-refractivity contribution in [2.45, 2.75) is 19.9 Å². The van der Waals surface area contributed by atoms with Crippen LogP contribution >= 0.6 is 11.6 Å². The minimum atomic E-state index is -0.813. The third-order valence-corrected chi connectivity index (χ3v) is 2.86. The zero-order chi connectivity index (χ0) is 12.5. The molecule has 0 saturated heterocycles. The lowest BCUT2D eigenvalue weighted by Crippen LogP contribution is -2.32. The molecule has 1 aromatic carbocycles. The second kappa shape index (κ2) is 4.57. The van der Waals surface area contributed by atoms with E-state index in [1.165, 1.54) is 6.07 Å². The van der Waals surface area contributed by atoms with Gasteiger partial charge in [-0.2, -0.15) is 0 Å². The molecular formula is C11H15ClFNO2. The first-order chi connectivity index (χ1) is 7.29. The van der Waals surface area contributed by atoms with Crippen molar-refractivity contribution in [1.29, 1.82) is 0 Å². The van der Waals surface area contributed by atoms with Crippen LogP contribution in [0.25, 0.3) is 0 Å². The third-order valence-electron chi connectivity index (χ3n) is 2.64. The number of phenols is 1. The second-order valence-electron chi connectivity index (χ2n) is 4.45. The lowest BCUT2D eigenvalue weighted by molar-refractivity contribution is 0.131. The van der Waals surface area contributed by atoms with E-state index in [2.05, 4.69) is 0 Å². The van der Waals surface area contributed by atoms with Crippen LogP contribution < -0.4 is 5.73 Å². The molecule has 3 nitrogen and oxygen atoms in total. The van der Waals surface area contributed by atoms with E-state index in [0.717, 1.165) is 6.07 Å². The number of aliphatic hydroxyl groups excluding tert-OH is 1. The topological polar surface area (TPSA) is 66.5 Å². The summed E-state index contributed by atoms with van der Waals surface area (Å²) in [6, 6.07) is 1.71. The van der Waals surface area contributed by atoms with Crippen molar-refractivity contribution < 1.29 is 14.6 Å². The fraction of sp³-hybridized carbons (Fsp3) is 0.455. The van der Waals surface area contributed by atoms with Crippen molar-refractivity contribution in [3.05, 3.63) is 28.5 Å². The lowest BCUT2D eigenvalue weighted by atomic mass is 9.81. The van der Waals surface area contributed by atoms with Crippen molar-refractivity contribution in [2.75, 3.05) is 6.61 Å². The largest absolute Gasteiger partial charge is 0.505 e. The number of aromatic hydroxyl groups is 1. The summed E-state index contributed by atoms with van der Waals surface area (Å²) in [6.45, 7) is 3.26. The first-order valence-corrected chi connectivity index (χ1v) is 5.21. The van der Waals surface area contributed by atoms with Gasteiger partial charge in [-0.05, 0) is 12.1 Å². The Balaban J connectivity index is 3.23.